The van der Waals surface area contributed by atoms with Gasteiger partial charge in [0.15, 0.2) is 0 Å². The van der Waals surface area contributed by atoms with Gasteiger partial charge < -0.3 is 5.32 Å². The van der Waals surface area contributed by atoms with Crippen LogP contribution in [0.25, 0.3) is 0 Å². The second kappa shape index (κ2) is 6.26. The van der Waals surface area contributed by atoms with Crippen molar-refractivity contribution in [2.45, 2.75) is 32.6 Å². The molecule has 2 heterocycles. The second-order valence-electron chi connectivity index (χ2n) is 4.53. The number of aromatic nitrogens is 3. The quantitative estimate of drug-likeness (QED) is 0.922. The summed E-state index contributed by atoms with van der Waals surface area (Å²) in [5.74, 6) is 0. The van der Waals surface area contributed by atoms with Gasteiger partial charge in [-0.05, 0) is 31.7 Å². The molecule has 2 aromatic heterocycles. The third kappa shape index (κ3) is 3.41. The Labute approximate surface area is 121 Å². The molecule has 4 nitrogen and oxygen atoms in total. The number of rotatable bonds is 5. The van der Waals surface area contributed by atoms with Gasteiger partial charge in [-0.2, -0.15) is 18.3 Å². The standard InChI is InChI=1S/C14H17F3N4/c1-3-18-13(12-7-8-20-21(12)4-2)11-6-5-10(9-19-11)14(15,16)17/h5-9,13,18H,3-4H2,1-2H3. The maximum Gasteiger partial charge on any atom is 0.417 e. The van der Waals surface area contributed by atoms with Crippen LogP contribution in [0.1, 0.15) is 36.8 Å². The molecule has 0 spiro atoms. The average molecular weight is 298 g/mol. The summed E-state index contributed by atoms with van der Waals surface area (Å²) < 4.78 is 39.6. The molecule has 1 atom stereocenters. The second-order valence-corrected chi connectivity index (χ2v) is 4.53. The Morgan fingerprint density at radius 2 is 2.00 bits per heavy atom. The van der Waals surface area contributed by atoms with Crippen molar-refractivity contribution in [2.24, 2.45) is 0 Å². The van der Waals surface area contributed by atoms with Gasteiger partial charge >= 0.3 is 6.18 Å². The fraction of sp³-hybridized carbons (Fsp3) is 0.429. The molecule has 0 saturated heterocycles. The van der Waals surface area contributed by atoms with Crippen LogP contribution in [0.4, 0.5) is 13.2 Å². The third-order valence-corrected chi connectivity index (χ3v) is 3.16. The van der Waals surface area contributed by atoms with Gasteiger partial charge in [0.05, 0.1) is 23.0 Å². The zero-order chi connectivity index (χ0) is 15.5. The van der Waals surface area contributed by atoms with Gasteiger partial charge in [-0.25, -0.2) is 0 Å². The van der Waals surface area contributed by atoms with Crippen molar-refractivity contribution in [1.82, 2.24) is 20.1 Å². The van der Waals surface area contributed by atoms with Crippen LogP contribution in [0.3, 0.4) is 0 Å². The number of aryl methyl sites for hydroxylation is 1. The zero-order valence-corrected chi connectivity index (χ0v) is 11.9. The Bertz CT molecular complexity index is 575. The molecule has 1 unspecified atom stereocenters. The van der Waals surface area contributed by atoms with Gasteiger partial charge in [-0.3, -0.25) is 9.67 Å². The lowest BCUT2D eigenvalue weighted by molar-refractivity contribution is -0.137. The topological polar surface area (TPSA) is 42.7 Å². The molecular weight excluding hydrogens is 281 g/mol. The molecule has 1 N–H and O–H groups in total. The highest BCUT2D eigenvalue weighted by Gasteiger charge is 2.31. The maximum atomic E-state index is 12.6. The molecule has 0 aliphatic carbocycles. The van der Waals surface area contributed by atoms with Crippen molar-refractivity contribution in [3.05, 3.63) is 47.5 Å². The molecule has 0 saturated carbocycles. The number of halogens is 3. The van der Waals surface area contributed by atoms with Crippen LogP contribution in [0.15, 0.2) is 30.6 Å². The van der Waals surface area contributed by atoms with Crippen LogP contribution in [-0.2, 0) is 12.7 Å². The lowest BCUT2D eigenvalue weighted by atomic mass is 10.1. The highest BCUT2D eigenvalue weighted by Crippen LogP contribution is 2.29. The van der Waals surface area contributed by atoms with Crippen LogP contribution < -0.4 is 5.32 Å². The van der Waals surface area contributed by atoms with Crippen molar-refractivity contribution in [3.63, 3.8) is 0 Å². The Kier molecular flexibility index (Phi) is 4.62. The first kappa shape index (κ1) is 15.5. The van der Waals surface area contributed by atoms with Gasteiger partial charge in [-0.1, -0.05) is 6.92 Å². The number of nitrogens with zero attached hydrogens (tertiary/aromatic N) is 3. The van der Waals surface area contributed by atoms with Gasteiger partial charge in [0, 0.05) is 18.9 Å². The van der Waals surface area contributed by atoms with Crippen molar-refractivity contribution < 1.29 is 13.2 Å². The Morgan fingerprint density at radius 1 is 1.24 bits per heavy atom. The van der Waals surface area contributed by atoms with Crippen molar-refractivity contribution in [2.75, 3.05) is 6.54 Å². The van der Waals surface area contributed by atoms with E-state index in [2.05, 4.69) is 15.4 Å². The van der Waals surface area contributed by atoms with Gasteiger partial charge in [0.2, 0.25) is 0 Å². The van der Waals surface area contributed by atoms with Crippen LogP contribution in [0.5, 0.6) is 0 Å². The lowest BCUT2D eigenvalue weighted by Gasteiger charge is -2.19. The third-order valence-electron chi connectivity index (χ3n) is 3.16. The van der Waals surface area contributed by atoms with E-state index in [0.717, 1.165) is 18.0 Å². The molecular formula is C14H17F3N4. The number of hydrogen-bond donors (Lipinski definition) is 1. The molecule has 0 aliphatic heterocycles. The molecule has 2 aromatic rings. The van der Waals surface area contributed by atoms with E-state index in [-0.39, 0.29) is 6.04 Å². The fourth-order valence-electron chi connectivity index (χ4n) is 2.16. The minimum absolute atomic E-state index is 0.278. The molecule has 0 radical (unpaired) electrons. The largest absolute Gasteiger partial charge is 0.417 e. The molecule has 0 bridgehead atoms. The summed E-state index contributed by atoms with van der Waals surface area (Å²) in [7, 11) is 0. The summed E-state index contributed by atoms with van der Waals surface area (Å²) in [5.41, 5.74) is 0.678. The van der Waals surface area contributed by atoms with E-state index >= 15 is 0 Å². The summed E-state index contributed by atoms with van der Waals surface area (Å²) in [5, 5.41) is 7.42. The zero-order valence-electron chi connectivity index (χ0n) is 11.9. The van der Waals surface area contributed by atoms with E-state index in [4.69, 9.17) is 0 Å². The van der Waals surface area contributed by atoms with Crippen LogP contribution >= 0.6 is 0 Å². The monoisotopic (exact) mass is 298 g/mol. The maximum absolute atomic E-state index is 12.6. The summed E-state index contributed by atoms with van der Waals surface area (Å²) in [6.45, 7) is 5.25. The first-order valence-electron chi connectivity index (χ1n) is 6.75. The van der Waals surface area contributed by atoms with E-state index in [1.165, 1.54) is 6.07 Å². The minimum Gasteiger partial charge on any atom is -0.304 e. The van der Waals surface area contributed by atoms with E-state index in [1.807, 2.05) is 19.9 Å². The van der Waals surface area contributed by atoms with Crippen LogP contribution in [0.2, 0.25) is 0 Å². The lowest BCUT2D eigenvalue weighted by Crippen LogP contribution is -2.25. The molecule has 0 aliphatic rings. The van der Waals surface area contributed by atoms with Gasteiger partial charge in [-0.15, -0.1) is 0 Å². The molecule has 0 amide bonds. The van der Waals surface area contributed by atoms with E-state index in [9.17, 15) is 13.2 Å². The molecule has 2 rings (SSSR count). The molecule has 0 aromatic carbocycles. The Balaban J connectivity index is 2.35. The van der Waals surface area contributed by atoms with Crippen LogP contribution in [0, 0.1) is 0 Å². The van der Waals surface area contributed by atoms with Crippen molar-refractivity contribution in [3.8, 4) is 0 Å². The normalized spacial score (nSPS) is 13.4. The Morgan fingerprint density at radius 3 is 2.52 bits per heavy atom. The summed E-state index contributed by atoms with van der Waals surface area (Å²) >= 11 is 0. The predicted octanol–water partition coefficient (Wildman–Crippen LogP) is 3.02. The van der Waals surface area contributed by atoms with Crippen LogP contribution in [-0.4, -0.2) is 21.3 Å². The highest BCUT2D eigenvalue weighted by atomic mass is 19.4. The summed E-state index contributed by atoms with van der Waals surface area (Å²) in [6.07, 6.45) is -1.83. The number of pyridine rings is 1. The summed E-state index contributed by atoms with van der Waals surface area (Å²) in [4.78, 5) is 3.97. The first-order chi connectivity index (χ1) is 9.97. The smallest absolute Gasteiger partial charge is 0.304 e. The van der Waals surface area contributed by atoms with Gasteiger partial charge in [0.1, 0.15) is 0 Å². The predicted molar refractivity (Wildman–Crippen MR) is 72.7 cm³/mol. The fourth-order valence-corrected chi connectivity index (χ4v) is 2.16. The Hall–Kier alpha value is -1.89. The molecule has 21 heavy (non-hydrogen) atoms. The van der Waals surface area contributed by atoms with E-state index in [1.54, 1.807) is 10.9 Å². The first-order valence-corrected chi connectivity index (χ1v) is 6.75. The number of nitrogens with one attached hydrogen (secondary N) is 1. The molecule has 0 fully saturated rings. The number of hydrogen-bond acceptors (Lipinski definition) is 3. The van der Waals surface area contributed by atoms with E-state index in [0.29, 0.717) is 18.8 Å². The average Bonchev–Trinajstić information content (AvgIpc) is 2.92. The molecule has 114 valence electrons. The summed E-state index contributed by atoms with van der Waals surface area (Å²) in [6, 6.07) is 4.03. The minimum atomic E-state index is -4.37. The molecule has 7 heteroatoms. The number of alkyl halides is 3. The van der Waals surface area contributed by atoms with Crippen molar-refractivity contribution >= 4 is 0 Å². The van der Waals surface area contributed by atoms with Gasteiger partial charge in [0.25, 0.3) is 0 Å². The van der Waals surface area contributed by atoms with E-state index < -0.39 is 11.7 Å². The SMILES string of the molecule is CCNC(c1ccc(C(F)(F)F)cn1)c1ccnn1CC. The highest BCUT2D eigenvalue weighted by molar-refractivity contribution is 5.25. The van der Waals surface area contributed by atoms with Crippen molar-refractivity contribution in [1.29, 1.82) is 0 Å².